The Hall–Kier alpha value is -1.88. The van der Waals surface area contributed by atoms with E-state index in [1.165, 1.54) is 0 Å². The number of rotatable bonds is 4. The molecule has 0 saturated carbocycles. The lowest BCUT2D eigenvalue weighted by Crippen LogP contribution is -2.40. The summed E-state index contributed by atoms with van der Waals surface area (Å²) in [5.41, 5.74) is 0.663. The molecule has 2 aromatic rings. The fourth-order valence-electron chi connectivity index (χ4n) is 2.77. The molecule has 5 heteroatoms. The van der Waals surface area contributed by atoms with Gasteiger partial charge in [-0.25, -0.2) is 0 Å². The van der Waals surface area contributed by atoms with Gasteiger partial charge in [0.2, 0.25) is 0 Å². The standard InChI is InChI=1S/C18H21NO3S/c1-3-21-15-6-4-5-14(11-15)18(20)19-9-10-23-12-16(19)17-8-7-13(2)22-17/h4-8,11,16H,3,9-10,12H2,1-2H3/t16-/m0/s1. The second-order valence-electron chi connectivity index (χ2n) is 5.50. The van der Waals surface area contributed by atoms with E-state index in [1.807, 2.05) is 66.9 Å². The molecule has 3 rings (SSSR count). The van der Waals surface area contributed by atoms with E-state index in [9.17, 15) is 4.79 Å². The van der Waals surface area contributed by atoms with Crippen LogP contribution < -0.4 is 4.74 Å². The van der Waals surface area contributed by atoms with Gasteiger partial charge in [0.05, 0.1) is 12.6 Å². The summed E-state index contributed by atoms with van der Waals surface area (Å²) < 4.78 is 11.3. The predicted molar refractivity (Wildman–Crippen MR) is 92.2 cm³/mol. The fraction of sp³-hybridized carbons (Fsp3) is 0.389. The second-order valence-corrected chi connectivity index (χ2v) is 6.65. The van der Waals surface area contributed by atoms with Crippen LogP contribution in [0.1, 0.15) is 34.8 Å². The van der Waals surface area contributed by atoms with E-state index in [0.717, 1.165) is 35.3 Å². The molecule has 1 aromatic carbocycles. The average molecular weight is 331 g/mol. The molecule has 0 aliphatic carbocycles. The zero-order chi connectivity index (χ0) is 16.2. The third-order valence-corrected chi connectivity index (χ3v) is 4.89. The Balaban J connectivity index is 1.85. The summed E-state index contributed by atoms with van der Waals surface area (Å²) in [7, 11) is 0. The third kappa shape index (κ3) is 3.55. The second kappa shape index (κ2) is 7.13. The minimum Gasteiger partial charge on any atom is -0.494 e. The molecule has 1 aliphatic rings. The quantitative estimate of drug-likeness (QED) is 0.852. The van der Waals surface area contributed by atoms with Gasteiger partial charge in [-0.3, -0.25) is 4.79 Å². The molecule has 23 heavy (non-hydrogen) atoms. The molecule has 4 nitrogen and oxygen atoms in total. The van der Waals surface area contributed by atoms with Gasteiger partial charge in [0.1, 0.15) is 17.3 Å². The van der Waals surface area contributed by atoms with Gasteiger partial charge in [-0.2, -0.15) is 11.8 Å². The topological polar surface area (TPSA) is 42.7 Å². The molecule has 0 unspecified atom stereocenters. The average Bonchev–Trinajstić information content (AvgIpc) is 3.01. The molecule has 1 aromatic heterocycles. The molecule has 1 fully saturated rings. The maximum absolute atomic E-state index is 13.0. The summed E-state index contributed by atoms with van der Waals surface area (Å²) in [6.07, 6.45) is 0. The Morgan fingerprint density at radius 2 is 2.26 bits per heavy atom. The van der Waals surface area contributed by atoms with Gasteiger partial charge in [-0.15, -0.1) is 0 Å². The van der Waals surface area contributed by atoms with Gasteiger partial charge < -0.3 is 14.1 Å². The molecular weight excluding hydrogens is 310 g/mol. The van der Waals surface area contributed by atoms with Crippen LogP contribution in [0.3, 0.4) is 0 Å². The van der Waals surface area contributed by atoms with Crippen LogP contribution in [0.5, 0.6) is 5.75 Å². The maximum Gasteiger partial charge on any atom is 0.254 e. The Morgan fingerprint density at radius 1 is 1.39 bits per heavy atom. The Bertz CT molecular complexity index is 682. The number of benzene rings is 1. The van der Waals surface area contributed by atoms with E-state index >= 15 is 0 Å². The number of amides is 1. The molecule has 1 amide bonds. The minimum absolute atomic E-state index is 0.00861. The number of carbonyl (C=O) groups is 1. The molecular formula is C18H21NO3S. The van der Waals surface area contributed by atoms with Crippen molar-refractivity contribution in [2.45, 2.75) is 19.9 Å². The Morgan fingerprint density at radius 3 is 3.00 bits per heavy atom. The molecule has 1 aliphatic heterocycles. The zero-order valence-corrected chi connectivity index (χ0v) is 14.3. The van der Waals surface area contributed by atoms with Gasteiger partial charge in [-0.1, -0.05) is 6.07 Å². The van der Waals surface area contributed by atoms with Crippen molar-refractivity contribution in [2.75, 3.05) is 24.7 Å². The van der Waals surface area contributed by atoms with Crippen molar-refractivity contribution in [3.8, 4) is 5.75 Å². The Kier molecular flexibility index (Phi) is 4.96. The van der Waals surface area contributed by atoms with E-state index in [4.69, 9.17) is 9.15 Å². The van der Waals surface area contributed by atoms with E-state index in [2.05, 4.69) is 0 Å². The highest BCUT2D eigenvalue weighted by Crippen LogP contribution is 2.32. The van der Waals surface area contributed by atoms with E-state index in [1.54, 1.807) is 0 Å². The van der Waals surface area contributed by atoms with Crippen LogP contribution in [0.4, 0.5) is 0 Å². The van der Waals surface area contributed by atoms with Crippen LogP contribution >= 0.6 is 11.8 Å². The van der Waals surface area contributed by atoms with E-state index in [0.29, 0.717) is 12.2 Å². The number of aryl methyl sites for hydroxylation is 1. The molecule has 0 radical (unpaired) electrons. The van der Waals surface area contributed by atoms with Gasteiger partial charge in [0.15, 0.2) is 0 Å². The first-order chi connectivity index (χ1) is 11.2. The number of thioether (sulfide) groups is 1. The first-order valence-electron chi connectivity index (χ1n) is 7.87. The first kappa shape index (κ1) is 16.0. The molecule has 1 saturated heterocycles. The lowest BCUT2D eigenvalue weighted by molar-refractivity contribution is 0.0681. The SMILES string of the molecule is CCOc1cccc(C(=O)N2CCSC[C@H]2c2ccc(C)o2)c1. The summed E-state index contributed by atoms with van der Waals surface area (Å²) in [5.74, 6) is 4.32. The minimum atomic E-state index is -0.00861. The van der Waals surface area contributed by atoms with Crippen molar-refractivity contribution in [1.29, 1.82) is 0 Å². The number of nitrogens with zero attached hydrogens (tertiary/aromatic N) is 1. The van der Waals surface area contributed by atoms with Crippen LogP contribution in [0.25, 0.3) is 0 Å². The van der Waals surface area contributed by atoms with E-state index < -0.39 is 0 Å². The number of hydrogen-bond acceptors (Lipinski definition) is 4. The summed E-state index contributed by atoms with van der Waals surface area (Å²) in [4.78, 5) is 14.9. The molecule has 0 bridgehead atoms. The van der Waals surface area contributed by atoms with Crippen LogP contribution in [-0.2, 0) is 0 Å². The highest BCUT2D eigenvalue weighted by atomic mass is 32.2. The van der Waals surface area contributed by atoms with Crippen LogP contribution in [0, 0.1) is 6.92 Å². The fourth-order valence-corrected chi connectivity index (χ4v) is 3.83. The Labute approximate surface area is 140 Å². The molecule has 1 atom stereocenters. The highest BCUT2D eigenvalue weighted by Gasteiger charge is 2.31. The van der Waals surface area contributed by atoms with Crippen LogP contribution in [0.15, 0.2) is 40.8 Å². The summed E-state index contributed by atoms with van der Waals surface area (Å²) in [5, 5.41) is 0. The lowest BCUT2D eigenvalue weighted by Gasteiger charge is -2.34. The maximum atomic E-state index is 13.0. The number of hydrogen-bond donors (Lipinski definition) is 0. The molecule has 0 N–H and O–H groups in total. The van der Waals surface area contributed by atoms with Crippen LogP contribution in [0.2, 0.25) is 0 Å². The molecule has 122 valence electrons. The summed E-state index contributed by atoms with van der Waals surface area (Å²) in [6.45, 7) is 5.18. The first-order valence-corrected chi connectivity index (χ1v) is 9.02. The number of ether oxygens (including phenoxy) is 1. The molecule has 0 spiro atoms. The van der Waals surface area contributed by atoms with Gasteiger partial charge in [0, 0.05) is 23.6 Å². The monoisotopic (exact) mass is 331 g/mol. The molecule has 2 heterocycles. The largest absolute Gasteiger partial charge is 0.494 e. The van der Waals surface area contributed by atoms with Crippen molar-refractivity contribution in [3.05, 3.63) is 53.5 Å². The van der Waals surface area contributed by atoms with Crippen molar-refractivity contribution in [2.24, 2.45) is 0 Å². The smallest absolute Gasteiger partial charge is 0.254 e. The predicted octanol–water partition coefficient (Wildman–Crippen LogP) is 3.92. The zero-order valence-electron chi connectivity index (χ0n) is 13.5. The van der Waals surface area contributed by atoms with Crippen molar-refractivity contribution in [3.63, 3.8) is 0 Å². The summed E-state index contributed by atoms with van der Waals surface area (Å²) in [6, 6.07) is 11.3. The van der Waals surface area contributed by atoms with Crippen molar-refractivity contribution < 1.29 is 13.9 Å². The summed E-state index contributed by atoms with van der Waals surface area (Å²) >= 11 is 1.86. The third-order valence-electron chi connectivity index (χ3n) is 3.87. The lowest BCUT2D eigenvalue weighted by atomic mass is 10.1. The number of furan rings is 1. The highest BCUT2D eigenvalue weighted by molar-refractivity contribution is 7.99. The van der Waals surface area contributed by atoms with Gasteiger partial charge >= 0.3 is 0 Å². The van der Waals surface area contributed by atoms with Gasteiger partial charge in [0.25, 0.3) is 5.91 Å². The van der Waals surface area contributed by atoms with Crippen molar-refractivity contribution in [1.82, 2.24) is 4.90 Å². The normalized spacial score (nSPS) is 18.0. The van der Waals surface area contributed by atoms with Crippen molar-refractivity contribution >= 4 is 17.7 Å². The number of carbonyl (C=O) groups excluding carboxylic acids is 1. The van der Waals surface area contributed by atoms with Crippen LogP contribution in [-0.4, -0.2) is 35.5 Å². The van der Waals surface area contributed by atoms with Gasteiger partial charge in [-0.05, 0) is 44.2 Å². The van der Waals surface area contributed by atoms with E-state index in [-0.39, 0.29) is 11.9 Å².